The van der Waals surface area contributed by atoms with E-state index in [1.165, 1.54) is 7.11 Å². The molecule has 0 spiro atoms. The van der Waals surface area contributed by atoms with Gasteiger partial charge in [-0.2, -0.15) is 0 Å². The largest absolute Gasteiger partial charge is 0.468 e. The fourth-order valence-electron chi connectivity index (χ4n) is 3.65. The van der Waals surface area contributed by atoms with Crippen LogP contribution in [0.25, 0.3) is 0 Å². The van der Waals surface area contributed by atoms with Gasteiger partial charge in [-0.3, -0.25) is 9.79 Å². The van der Waals surface area contributed by atoms with Crippen molar-refractivity contribution in [3.8, 4) is 0 Å². The van der Waals surface area contributed by atoms with Gasteiger partial charge in [0.2, 0.25) is 11.8 Å². The third-order valence-corrected chi connectivity index (χ3v) is 5.85. The number of benzene rings is 1. The predicted octanol–water partition coefficient (Wildman–Crippen LogP) is 4.07. The van der Waals surface area contributed by atoms with Crippen LogP contribution in [0.3, 0.4) is 0 Å². The molecule has 0 aliphatic carbocycles. The van der Waals surface area contributed by atoms with E-state index >= 15 is 0 Å². The molecule has 3 rings (SSSR count). The molecule has 0 N–H and O–H groups in total. The van der Waals surface area contributed by atoms with Crippen LogP contribution < -0.4 is 0 Å². The highest BCUT2D eigenvalue weighted by molar-refractivity contribution is 6.42. The summed E-state index contributed by atoms with van der Waals surface area (Å²) in [5.74, 6) is -2.28. The molecule has 2 heterocycles. The lowest BCUT2D eigenvalue weighted by molar-refractivity contribution is -0.144. The molecule has 2 aromatic rings. The Morgan fingerprint density at radius 2 is 1.91 bits per heavy atom. The van der Waals surface area contributed by atoms with Crippen LogP contribution in [-0.2, 0) is 30.4 Å². The zero-order valence-corrected chi connectivity index (χ0v) is 20.1. The van der Waals surface area contributed by atoms with Crippen LogP contribution in [0.5, 0.6) is 0 Å². The smallest absolute Gasteiger partial charge is 0.336 e. The zero-order chi connectivity index (χ0) is 24.1. The van der Waals surface area contributed by atoms with Crippen LogP contribution in [0, 0.1) is 12.8 Å². The van der Waals surface area contributed by atoms with Crippen LogP contribution in [0.15, 0.2) is 38.9 Å². The average molecular weight is 496 g/mol. The summed E-state index contributed by atoms with van der Waals surface area (Å²) in [5.41, 5.74) is 1.34. The average Bonchev–Trinajstić information content (AvgIpc) is 3.19. The van der Waals surface area contributed by atoms with Gasteiger partial charge in [0.05, 0.1) is 41.6 Å². The van der Waals surface area contributed by atoms with Crippen LogP contribution in [-0.4, -0.2) is 48.2 Å². The molecule has 0 amide bonds. The molecule has 2 unspecified atom stereocenters. The molecule has 0 bridgehead atoms. The molecular formula is C22H23Cl2N3O6. The molecule has 0 radical (unpaired) electrons. The Labute approximate surface area is 200 Å². The van der Waals surface area contributed by atoms with Gasteiger partial charge in [0.25, 0.3) is 0 Å². The van der Waals surface area contributed by atoms with Gasteiger partial charge in [-0.25, -0.2) is 4.79 Å². The highest BCUT2D eigenvalue weighted by Crippen LogP contribution is 2.44. The lowest BCUT2D eigenvalue weighted by Crippen LogP contribution is -2.37. The minimum Gasteiger partial charge on any atom is -0.468 e. The van der Waals surface area contributed by atoms with Crippen molar-refractivity contribution in [2.45, 2.75) is 33.3 Å². The Balaban J connectivity index is 2.09. The van der Waals surface area contributed by atoms with E-state index in [0.717, 1.165) is 0 Å². The number of aryl methyl sites for hydroxylation is 1. The summed E-state index contributed by atoms with van der Waals surface area (Å²) in [7, 11) is 1.27. The number of halogens is 2. The van der Waals surface area contributed by atoms with Gasteiger partial charge in [0.15, 0.2) is 0 Å². The van der Waals surface area contributed by atoms with Gasteiger partial charge in [0, 0.05) is 18.6 Å². The van der Waals surface area contributed by atoms with Crippen molar-refractivity contribution >= 4 is 40.9 Å². The number of rotatable bonds is 8. The lowest BCUT2D eigenvalue weighted by Gasteiger charge is -2.32. The molecular weight excluding hydrogens is 473 g/mol. The second-order valence-electron chi connectivity index (χ2n) is 7.16. The van der Waals surface area contributed by atoms with E-state index < -0.39 is 23.8 Å². The number of methoxy groups -OCH3 is 1. The third kappa shape index (κ3) is 5.43. The molecule has 2 atom stereocenters. The van der Waals surface area contributed by atoms with E-state index in [4.69, 9.17) is 41.8 Å². The van der Waals surface area contributed by atoms with Crippen LogP contribution in [0.4, 0.5) is 0 Å². The summed E-state index contributed by atoms with van der Waals surface area (Å²) in [5, 5.41) is 8.13. The minimum atomic E-state index is -0.910. The van der Waals surface area contributed by atoms with Crippen molar-refractivity contribution in [1.82, 2.24) is 10.2 Å². The van der Waals surface area contributed by atoms with Gasteiger partial charge in [0.1, 0.15) is 12.5 Å². The van der Waals surface area contributed by atoms with E-state index in [0.29, 0.717) is 22.9 Å². The third-order valence-electron chi connectivity index (χ3n) is 5.02. The minimum absolute atomic E-state index is 0.0119. The fourth-order valence-corrected chi connectivity index (χ4v) is 4.08. The monoisotopic (exact) mass is 495 g/mol. The summed E-state index contributed by atoms with van der Waals surface area (Å²) in [6.45, 7) is 5.09. The summed E-state index contributed by atoms with van der Waals surface area (Å²) in [6.07, 6.45) is 0. The predicted molar refractivity (Wildman–Crippen MR) is 120 cm³/mol. The Morgan fingerprint density at radius 3 is 2.55 bits per heavy atom. The topological polar surface area (TPSA) is 113 Å². The molecule has 176 valence electrons. The summed E-state index contributed by atoms with van der Waals surface area (Å²) in [4.78, 5) is 30.4. The molecule has 0 fully saturated rings. The van der Waals surface area contributed by atoms with Gasteiger partial charge in [-0.1, -0.05) is 35.3 Å². The van der Waals surface area contributed by atoms with Gasteiger partial charge < -0.3 is 18.6 Å². The van der Waals surface area contributed by atoms with Crippen molar-refractivity contribution in [1.29, 1.82) is 0 Å². The number of hydrogen-bond donors (Lipinski definition) is 0. The Hall–Kier alpha value is -2.75. The first kappa shape index (κ1) is 24.9. The van der Waals surface area contributed by atoms with Crippen LogP contribution in [0.2, 0.25) is 10.0 Å². The van der Waals surface area contributed by atoms with E-state index in [9.17, 15) is 9.59 Å². The highest BCUT2D eigenvalue weighted by Gasteiger charge is 2.44. The molecule has 1 aliphatic heterocycles. The summed E-state index contributed by atoms with van der Waals surface area (Å²) < 4.78 is 21.3. The van der Waals surface area contributed by atoms with Crippen molar-refractivity contribution in [3.05, 3.63) is 56.9 Å². The maximum atomic E-state index is 13.1. The first-order chi connectivity index (χ1) is 15.8. The number of aliphatic imine (C=N–C) groups is 1. The number of carbonyl (C=O) groups is 2. The summed E-state index contributed by atoms with van der Waals surface area (Å²) in [6, 6.07) is 5.01. The highest BCUT2D eigenvalue weighted by atomic mass is 35.5. The summed E-state index contributed by atoms with van der Waals surface area (Å²) >= 11 is 12.8. The number of nitrogens with zero attached hydrogens (tertiary/aromatic N) is 3. The van der Waals surface area contributed by atoms with E-state index in [1.54, 1.807) is 39.0 Å². The number of ether oxygens (including phenoxy) is 3. The molecule has 33 heavy (non-hydrogen) atoms. The molecule has 1 aliphatic rings. The van der Waals surface area contributed by atoms with Crippen LogP contribution >= 0.6 is 23.2 Å². The van der Waals surface area contributed by atoms with Crippen molar-refractivity contribution < 1.29 is 28.2 Å². The molecule has 1 aromatic heterocycles. The molecule has 0 saturated carbocycles. The van der Waals surface area contributed by atoms with Gasteiger partial charge in [-0.05, 0) is 25.5 Å². The number of hydrogen-bond acceptors (Lipinski definition) is 9. The van der Waals surface area contributed by atoms with Crippen molar-refractivity contribution in [2.75, 3.05) is 20.3 Å². The van der Waals surface area contributed by atoms with Gasteiger partial charge >= 0.3 is 11.9 Å². The van der Waals surface area contributed by atoms with E-state index in [1.807, 2.05) is 0 Å². The van der Waals surface area contributed by atoms with E-state index in [-0.39, 0.29) is 41.3 Å². The molecule has 1 aromatic carbocycles. The maximum Gasteiger partial charge on any atom is 0.336 e. The number of aromatic nitrogens is 2. The zero-order valence-electron chi connectivity index (χ0n) is 18.6. The SMILES string of the molecule is CCOC(=O)C1=C(COCc2nnc(C)o2)N=C(C)C(C(=O)OC)C1c1cccc(Cl)c1Cl. The quantitative estimate of drug-likeness (QED) is 0.503. The van der Waals surface area contributed by atoms with Crippen LogP contribution in [0.1, 0.15) is 37.1 Å². The van der Waals surface area contributed by atoms with Gasteiger partial charge in [-0.15, -0.1) is 10.2 Å². The van der Waals surface area contributed by atoms with Crippen molar-refractivity contribution in [2.24, 2.45) is 10.9 Å². The standard InChI is InChI=1S/C22H23Cl2N3O6/c1-5-32-22(29)19-15(9-31-10-16-27-26-12(3)33-16)25-11(2)17(21(28)30-4)18(19)13-7-6-8-14(23)20(13)24/h6-8,17-18H,5,9-10H2,1-4H3. The first-order valence-electron chi connectivity index (χ1n) is 10.1. The molecule has 9 nitrogen and oxygen atoms in total. The van der Waals surface area contributed by atoms with Crippen molar-refractivity contribution in [3.63, 3.8) is 0 Å². The first-order valence-corrected chi connectivity index (χ1v) is 10.9. The molecule has 0 saturated heterocycles. The molecule has 11 heteroatoms. The Bertz CT molecular complexity index is 1110. The normalized spacial score (nSPS) is 18.2. The Morgan fingerprint density at radius 1 is 1.15 bits per heavy atom. The number of carbonyl (C=O) groups excluding carboxylic acids is 2. The maximum absolute atomic E-state index is 13.1. The second-order valence-corrected chi connectivity index (χ2v) is 7.95. The van der Waals surface area contributed by atoms with E-state index in [2.05, 4.69) is 15.2 Å². The lowest BCUT2D eigenvalue weighted by atomic mass is 9.75. The second kappa shape index (κ2) is 10.9. The fraction of sp³-hybridized carbons (Fsp3) is 0.409. The number of esters is 2. The Kier molecular flexibility index (Phi) is 8.23.